The van der Waals surface area contributed by atoms with Crippen LogP contribution in [0.1, 0.15) is 12.5 Å². The SMILES string of the molecule is CCOC(=O)N1CCN(c2c(F)cccc2CNC)CC1. The molecule has 1 heterocycles. The Hall–Kier alpha value is -1.82. The van der Waals surface area contributed by atoms with Crippen molar-refractivity contribution in [3.05, 3.63) is 29.6 Å². The van der Waals surface area contributed by atoms with Crippen molar-refractivity contribution in [3.8, 4) is 0 Å². The minimum Gasteiger partial charge on any atom is -0.450 e. The number of hydrogen-bond donors (Lipinski definition) is 1. The van der Waals surface area contributed by atoms with Crippen LogP contribution < -0.4 is 10.2 Å². The number of ether oxygens (including phenoxy) is 1. The van der Waals surface area contributed by atoms with E-state index in [2.05, 4.69) is 5.32 Å². The average Bonchev–Trinajstić information content (AvgIpc) is 2.48. The first-order valence-corrected chi connectivity index (χ1v) is 7.26. The van der Waals surface area contributed by atoms with E-state index < -0.39 is 0 Å². The van der Waals surface area contributed by atoms with Gasteiger partial charge in [0.1, 0.15) is 5.82 Å². The third-order valence-corrected chi connectivity index (χ3v) is 3.56. The maximum absolute atomic E-state index is 14.2. The summed E-state index contributed by atoms with van der Waals surface area (Å²) in [6, 6.07) is 5.12. The molecule has 1 fully saturated rings. The molecule has 0 radical (unpaired) electrons. The van der Waals surface area contributed by atoms with E-state index in [1.807, 2.05) is 18.0 Å². The van der Waals surface area contributed by atoms with Crippen molar-refractivity contribution < 1.29 is 13.9 Å². The summed E-state index contributed by atoms with van der Waals surface area (Å²) in [4.78, 5) is 15.3. The Kier molecular flexibility index (Phi) is 5.38. The third-order valence-electron chi connectivity index (χ3n) is 3.56. The standard InChI is InChI=1S/C15H22FN3O2/c1-3-21-15(20)19-9-7-18(8-10-19)14-12(11-17-2)5-4-6-13(14)16/h4-6,17H,3,7-11H2,1-2H3. The number of nitrogens with one attached hydrogen (secondary N) is 1. The van der Waals surface area contributed by atoms with Crippen molar-refractivity contribution >= 4 is 11.8 Å². The van der Waals surface area contributed by atoms with Crippen LogP contribution in [0.3, 0.4) is 0 Å². The van der Waals surface area contributed by atoms with E-state index in [1.54, 1.807) is 17.9 Å². The van der Waals surface area contributed by atoms with E-state index in [4.69, 9.17) is 4.74 Å². The first-order chi connectivity index (χ1) is 10.2. The summed E-state index contributed by atoms with van der Waals surface area (Å²) in [6.07, 6.45) is -0.291. The molecule has 0 spiro atoms. The summed E-state index contributed by atoms with van der Waals surface area (Å²) in [5.41, 5.74) is 1.57. The monoisotopic (exact) mass is 295 g/mol. The minimum absolute atomic E-state index is 0.215. The Bertz CT molecular complexity index is 488. The second-order valence-electron chi connectivity index (χ2n) is 4.95. The van der Waals surface area contributed by atoms with Gasteiger partial charge in [0, 0.05) is 32.7 Å². The van der Waals surface area contributed by atoms with Crippen LogP contribution in [-0.4, -0.2) is 50.8 Å². The fraction of sp³-hybridized carbons (Fsp3) is 0.533. The number of rotatable bonds is 4. The lowest BCUT2D eigenvalue weighted by atomic mass is 10.1. The summed E-state index contributed by atoms with van der Waals surface area (Å²) in [6.45, 7) is 5.09. The summed E-state index contributed by atoms with van der Waals surface area (Å²) in [5.74, 6) is -0.215. The number of carbonyl (C=O) groups is 1. The molecular formula is C15H22FN3O2. The van der Waals surface area contributed by atoms with Gasteiger partial charge in [0.05, 0.1) is 12.3 Å². The molecule has 0 saturated carbocycles. The predicted molar refractivity (Wildman–Crippen MR) is 80.0 cm³/mol. The number of para-hydroxylation sites is 1. The topological polar surface area (TPSA) is 44.8 Å². The van der Waals surface area contributed by atoms with Crippen LogP contribution in [-0.2, 0) is 11.3 Å². The maximum Gasteiger partial charge on any atom is 0.409 e. The smallest absolute Gasteiger partial charge is 0.409 e. The Balaban J connectivity index is 2.07. The Morgan fingerprint density at radius 1 is 1.33 bits per heavy atom. The number of benzene rings is 1. The number of nitrogens with zero attached hydrogens (tertiary/aromatic N) is 2. The number of piperazine rings is 1. The molecule has 1 aromatic rings. The number of carbonyl (C=O) groups excluding carboxylic acids is 1. The summed E-state index contributed by atoms with van der Waals surface area (Å²) in [5, 5.41) is 3.06. The van der Waals surface area contributed by atoms with Crippen LogP contribution >= 0.6 is 0 Å². The first kappa shape index (κ1) is 15.6. The van der Waals surface area contributed by atoms with Crippen molar-refractivity contribution in [1.82, 2.24) is 10.2 Å². The van der Waals surface area contributed by atoms with Gasteiger partial charge in [-0.3, -0.25) is 0 Å². The van der Waals surface area contributed by atoms with Crippen molar-refractivity contribution in [2.24, 2.45) is 0 Å². The molecule has 1 aliphatic heterocycles. The quantitative estimate of drug-likeness (QED) is 0.920. The molecule has 1 N–H and O–H groups in total. The van der Waals surface area contributed by atoms with Gasteiger partial charge in [-0.15, -0.1) is 0 Å². The van der Waals surface area contributed by atoms with E-state index in [0.29, 0.717) is 45.0 Å². The van der Waals surface area contributed by atoms with Crippen LogP contribution in [0, 0.1) is 5.82 Å². The molecule has 1 saturated heterocycles. The highest BCUT2D eigenvalue weighted by Gasteiger charge is 2.24. The number of hydrogen-bond acceptors (Lipinski definition) is 4. The molecule has 1 amide bonds. The predicted octanol–water partition coefficient (Wildman–Crippen LogP) is 1.82. The highest BCUT2D eigenvalue weighted by molar-refractivity contribution is 5.68. The zero-order valence-corrected chi connectivity index (χ0v) is 12.6. The van der Waals surface area contributed by atoms with Crippen molar-refractivity contribution in [3.63, 3.8) is 0 Å². The molecule has 0 aromatic heterocycles. The molecule has 21 heavy (non-hydrogen) atoms. The maximum atomic E-state index is 14.2. The summed E-state index contributed by atoms with van der Waals surface area (Å²) in [7, 11) is 1.84. The Morgan fingerprint density at radius 3 is 2.67 bits per heavy atom. The molecule has 1 aromatic carbocycles. The van der Waals surface area contributed by atoms with E-state index >= 15 is 0 Å². The van der Waals surface area contributed by atoms with Crippen molar-refractivity contribution in [1.29, 1.82) is 0 Å². The van der Waals surface area contributed by atoms with Gasteiger partial charge < -0.3 is 19.9 Å². The highest BCUT2D eigenvalue weighted by atomic mass is 19.1. The van der Waals surface area contributed by atoms with Gasteiger partial charge in [-0.2, -0.15) is 0 Å². The molecular weight excluding hydrogens is 273 g/mol. The number of amides is 1. The molecule has 0 unspecified atom stereocenters. The Labute approximate surface area is 124 Å². The van der Waals surface area contributed by atoms with Gasteiger partial charge in [0.15, 0.2) is 0 Å². The van der Waals surface area contributed by atoms with Gasteiger partial charge in [-0.05, 0) is 25.6 Å². The number of anilines is 1. The second kappa shape index (κ2) is 7.26. The Morgan fingerprint density at radius 2 is 2.05 bits per heavy atom. The van der Waals surface area contributed by atoms with E-state index in [1.165, 1.54) is 6.07 Å². The highest BCUT2D eigenvalue weighted by Crippen LogP contribution is 2.25. The van der Waals surface area contributed by atoms with Crippen LogP contribution in [0.15, 0.2) is 18.2 Å². The molecule has 2 rings (SSSR count). The lowest BCUT2D eigenvalue weighted by molar-refractivity contribution is 0.105. The van der Waals surface area contributed by atoms with E-state index in [9.17, 15) is 9.18 Å². The van der Waals surface area contributed by atoms with Crippen LogP contribution in [0.25, 0.3) is 0 Å². The molecule has 6 heteroatoms. The average molecular weight is 295 g/mol. The normalized spacial score (nSPS) is 15.2. The number of halogens is 1. The molecule has 0 bridgehead atoms. The van der Waals surface area contributed by atoms with Crippen LogP contribution in [0.4, 0.5) is 14.9 Å². The van der Waals surface area contributed by atoms with E-state index in [0.717, 1.165) is 5.56 Å². The second-order valence-corrected chi connectivity index (χ2v) is 4.95. The largest absolute Gasteiger partial charge is 0.450 e. The summed E-state index contributed by atoms with van der Waals surface area (Å²) < 4.78 is 19.2. The van der Waals surface area contributed by atoms with Crippen molar-refractivity contribution in [2.45, 2.75) is 13.5 Å². The van der Waals surface area contributed by atoms with Crippen molar-refractivity contribution in [2.75, 3.05) is 44.7 Å². The molecule has 1 aliphatic rings. The zero-order valence-electron chi connectivity index (χ0n) is 12.6. The van der Waals surface area contributed by atoms with Gasteiger partial charge in [-0.25, -0.2) is 9.18 Å². The fourth-order valence-electron chi connectivity index (χ4n) is 2.57. The lowest BCUT2D eigenvalue weighted by Crippen LogP contribution is -2.49. The molecule has 0 aliphatic carbocycles. The zero-order chi connectivity index (χ0) is 15.2. The van der Waals surface area contributed by atoms with Gasteiger partial charge >= 0.3 is 6.09 Å². The molecule has 116 valence electrons. The fourth-order valence-corrected chi connectivity index (χ4v) is 2.57. The lowest BCUT2D eigenvalue weighted by Gasteiger charge is -2.36. The van der Waals surface area contributed by atoms with Crippen LogP contribution in [0.2, 0.25) is 0 Å². The van der Waals surface area contributed by atoms with E-state index in [-0.39, 0.29) is 11.9 Å². The van der Waals surface area contributed by atoms with Crippen LogP contribution in [0.5, 0.6) is 0 Å². The summed E-state index contributed by atoms with van der Waals surface area (Å²) >= 11 is 0. The van der Waals surface area contributed by atoms with Gasteiger partial charge in [0.2, 0.25) is 0 Å². The third kappa shape index (κ3) is 3.64. The van der Waals surface area contributed by atoms with Gasteiger partial charge in [0.25, 0.3) is 0 Å². The minimum atomic E-state index is -0.291. The molecule has 0 atom stereocenters. The van der Waals surface area contributed by atoms with Gasteiger partial charge in [-0.1, -0.05) is 12.1 Å². The first-order valence-electron chi connectivity index (χ1n) is 7.26. The molecule has 5 nitrogen and oxygen atoms in total.